The average Bonchev–Trinajstić information content (AvgIpc) is 2.91. The lowest BCUT2D eigenvalue weighted by Gasteiger charge is -2.57. The van der Waals surface area contributed by atoms with Crippen LogP contribution in [0.3, 0.4) is 0 Å². The van der Waals surface area contributed by atoms with Crippen molar-refractivity contribution in [2.75, 3.05) is 6.61 Å². The van der Waals surface area contributed by atoms with E-state index in [1.54, 1.807) is 0 Å². The molecule has 0 radical (unpaired) electrons. The minimum atomic E-state index is -8.02. The molecule has 7 nitrogen and oxygen atoms in total. The number of halogens is 5. The van der Waals surface area contributed by atoms with Crippen LogP contribution in [-0.2, 0) is 27.7 Å². The second kappa shape index (κ2) is 11.4. The van der Waals surface area contributed by atoms with Crippen molar-refractivity contribution in [1.29, 1.82) is 0 Å². The van der Waals surface area contributed by atoms with Crippen LogP contribution in [0.5, 0.6) is 0 Å². The van der Waals surface area contributed by atoms with Crippen molar-refractivity contribution in [2.45, 2.75) is 39.1 Å². The third kappa shape index (κ3) is 5.64. The summed E-state index contributed by atoms with van der Waals surface area (Å²) in [5.41, 5.74) is -0.258. The van der Waals surface area contributed by atoms with Crippen molar-refractivity contribution in [2.24, 2.45) is 0 Å². The highest BCUT2D eigenvalue weighted by molar-refractivity contribution is 8.97. The maximum Gasteiger partial charge on any atom is 0.432 e. The first-order chi connectivity index (χ1) is 19.0. The standard InChI is InChI=1S/C27H25F5O7S2/c1-19(2)24(34)38-18-23(33)39-25(26(28,29)30)27(31,32)41(35,36,37)40(20-12-6-3-7-13-20,21-14-8-4-9-15-21)22-16-10-5-11-17-22/h3-17,25H,1,18H2,2H3,(H2,35,36,37). The monoisotopic (exact) mass is 620 g/mol. The molecule has 2 N–H and O–H groups in total. The number of hydrogen-bond donors (Lipinski definition) is 2. The summed E-state index contributed by atoms with van der Waals surface area (Å²) in [7, 11) is -12.6. The van der Waals surface area contributed by atoms with Crippen molar-refractivity contribution >= 4 is 29.7 Å². The van der Waals surface area contributed by atoms with Crippen LogP contribution in [0, 0.1) is 0 Å². The van der Waals surface area contributed by atoms with E-state index in [4.69, 9.17) is 0 Å². The molecule has 0 aliphatic carbocycles. The number of esters is 2. The quantitative estimate of drug-likeness (QED) is 0.111. The highest BCUT2D eigenvalue weighted by atomic mass is 33.2. The second-order valence-corrected chi connectivity index (χ2v) is 16.6. The number of rotatable bonds is 10. The summed E-state index contributed by atoms with van der Waals surface area (Å²) in [6.45, 7) is 2.80. The molecule has 0 aromatic heterocycles. The lowest BCUT2D eigenvalue weighted by molar-refractivity contribution is -0.261. The molecule has 0 fully saturated rings. The number of hydrogen-bond acceptors (Lipinski definition) is 5. The predicted octanol–water partition coefficient (Wildman–Crippen LogP) is 6.84. The van der Waals surface area contributed by atoms with Crippen LogP contribution < -0.4 is 0 Å². The Kier molecular flexibility index (Phi) is 8.84. The number of benzene rings is 3. The fraction of sp³-hybridized carbons (Fsp3) is 0.185. The summed E-state index contributed by atoms with van der Waals surface area (Å²) in [6.07, 6.45) is -10.8. The summed E-state index contributed by atoms with van der Waals surface area (Å²) in [4.78, 5) is 22.5. The molecule has 3 rings (SSSR count). The minimum absolute atomic E-state index is 0.258. The molecule has 0 aliphatic rings. The van der Waals surface area contributed by atoms with Gasteiger partial charge in [0.05, 0.1) is 0 Å². The molecule has 3 aromatic carbocycles. The first-order valence-corrected chi connectivity index (χ1v) is 15.6. The van der Waals surface area contributed by atoms with E-state index in [1.807, 2.05) is 0 Å². The smallest absolute Gasteiger partial charge is 0.432 e. The highest BCUT2D eigenvalue weighted by Gasteiger charge is 2.77. The van der Waals surface area contributed by atoms with Crippen LogP contribution in [0.25, 0.3) is 0 Å². The van der Waals surface area contributed by atoms with E-state index in [0.717, 1.165) is 43.3 Å². The summed E-state index contributed by atoms with van der Waals surface area (Å²) in [5.74, 6) is -3.35. The molecule has 0 amide bonds. The van der Waals surface area contributed by atoms with Gasteiger partial charge < -0.3 is 9.47 Å². The zero-order chi connectivity index (χ0) is 30.7. The summed E-state index contributed by atoms with van der Waals surface area (Å²) in [6, 6.07) is 18.8. The van der Waals surface area contributed by atoms with Crippen LogP contribution >= 0.6 is 9.06 Å². The minimum Gasteiger partial charge on any atom is -0.450 e. The van der Waals surface area contributed by atoms with Crippen LogP contribution in [-0.4, -0.2) is 49.4 Å². The van der Waals surface area contributed by atoms with Crippen LogP contribution in [0.1, 0.15) is 6.92 Å². The van der Waals surface area contributed by atoms with E-state index in [-0.39, 0.29) is 20.3 Å². The normalized spacial score (nSPS) is 14.7. The second-order valence-electron chi connectivity index (χ2n) is 8.62. The van der Waals surface area contributed by atoms with Gasteiger partial charge in [-0.15, -0.1) is 0 Å². The van der Waals surface area contributed by atoms with Gasteiger partial charge >= 0.3 is 23.4 Å². The first kappa shape index (κ1) is 31.9. The SMILES string of the molecule is C=C(C)C(=O)OCC(=O)OC(C(F)(F)F)C(F)(F)S(=O)(O)(O)S(c1ccccc1)(c1ccccc1)c1ccccc1. The molecule has 1 unspecified atom stereocenters. The van der Waals surface area contributed by atoms with E-state index >= 15 is 8.78 Å². The molecule has 1 atom stereocenters. The molecule has 0 heterocycles. The van der Waals surface area contributed by atoms with Crippen molar-refractivity contribution in [1.82, 2.24) is 0 Å². The summed E-state index contributed by atoms with van der Waals surface area (Å²) < 4.78 is 121. The fourth-order valence-electron chi connectivity index (χ4n) is 3.85. The lowest BCUT2D eigenvalue weighted by atomic mass is 10.3. The Morgan fingerprint density at radius 3 is 1.51 bits per heavy atom. The van der Waals surface area contributed by atoms with Gasteiger partial charge in [-0.1, -0.05) is 70.2 Å². The van der Waals surface area contributed by atoms with Crippen LogP contribution in [0.2, 0.25) is 0 Å². The highest BCUT2D eigenvalue weighted by Crippen LogP contribution is 2.82. The van der Waals surface area contributed by atoms with Crippen molar-refractivity contribution in [3.63, 3.8) is 0 Å². The van der Waals surface area contributed by atoms with E-state index in [9.17, 15) is 36.1 Å². The molecule has 41 heavy (non-hydrogen) atoms. The Morgan fingerprint density at radius 1 is 0.829 bits per heavy atom. The maximum absolute atomic E-state index is 16.3. The van der Waals surface area contributed by atoms with Gasteiger partial charge in [0.1, 0.15) is 0 Å². The molecular formula is C27H25F5O7S2. The van der Waals surface area contributed by atoms with Crippen molar-refractivity contribution in [3.8, 4) is 0 Å². The number of carbonyl (C=O) groups is 2. The van der Waals surface area contributed by atoms with Gasteiger partial charge in [-0.05, 0) is 43.3 Å². The first-order valence-electron chi connectivity index (χ1n) is 11.6. The molecule has 222 valence electrons. The molecule has 14 heteroatoms. The Morgan fingerprint density at radius 2 is 1.20 bits per heavy atom. The third-order valence-corrected chi connectivity index (χ3v) is 15.6. The van der Waals surface area contributed by atoms with Gasteiger partial charge in [0.25, 0.3) is 6.10 Å². The molecular weight excluding hydrogens is 595 g/mol. The number of carbonyl (C=O) groups excluding carboxylic acids is 2. The van der Waals surface area contributed by atoms with E-state index in [0.29, 0.717) is 0 Å². The Hall–Kier alpha value is -3.59. The van der Waals surface area contributed by atoms with Gasteiger partial charge in [0, 0.05) is 20.3 Å². The fourth-order valence-corrected chi connectivity index (χ4v) is 13.6. The van der Waals surface area contributed by atoms with Crippen LogP contribution in [0.4, 0.5) is 22.0 Å². The summed E-state index contributed by atoms with van der Waals surface area (Å²) >= 11 is 0. The molecule has 0 bridgehead atoms. The Bertz CT molecular complexity index is 1380. The maximum atomic E-state index is 16.3. The third-order valence-electron chi connectivity index (χ3n) is 5.66. The predicted molar refractivity (Wildman–Crippen MR) is 142 cm³/mol. The Balaban J connectivity index is 2.35. The van der Waals surface area contributed by atoms with Gasteiger partial charge in [0.15, 0.2) is 15.3 Å². The molecule has 0 spiro atoms. The van der Waals surface area contributed by atoms with Gasteiger partial charge in [-0.25, -0.2) is 13.8 Å². The zero-order valence-corrected chi connectivity index (χ0v) is 22.9. The molecule has 0 saturated carbocycles. The number of alkyl halides is 5. The lowest BCUT2D eigenvalue weighted by Crippen LogP contribution is -2.63. The number of ether oxygens (including phenoxy) is 2. The average molecular weight is 621 g/mol. The topological polar surface area (TPSA) is 110 Å². The molecule has 3 aromatic rings. The van der Waals surface area contributed by atoms with Gasteiger partial charge in [-0.2, -0.15) is 22.0 Å². The Labute approximate surface area is 232 Å². The molecule has 0 saturated heterocycles. The molecule has 0 aliphatic heterocycles. The van der Waals surface area contributed by atoms with E-state index in [1.165, 1.54) is 54.6 Å². The van der Waals surface area contributed by atoms with Crippen molar-refractivity contribution in [3.05, 3.63) is 103 Å². The largest absolute Gasteiger partial charge is 0.450 e. The zero-order valence-electron chi connectivity index (χ0n) is 21.3. The van der Waals surface area contributed by atoms with Crippen LogP contribution in [0.15, 0.2) is 118 Å². The summed E-state index contributed by atoms with van der Waals surface area (Å²) in [5, 5.41) is -6.08. The van der Waals surface area contributed by atoms with Gasteiger partial charge in [0.2, 0.25) is 0 Å². The van der Waals surface area contributed by atoms with E-state index in [2.05, 4.69) is 16.1 Å². The van der Waals surface area contributed by atoms with Gasteiger partial charge in [-0.3, -0.25) is 9.11 Å². The van der Waals surface area contributed by atoms with Crippen molar-refractivity contribution < 1.29 is 54.3 Å². The van der Waals surface area contributed by atoms with E-state index < -0.39 is 53.8 Å².